The Hall–Kier alpha value is -1.31. The van der Waals surface area contributed by atoms with Crippen LogP contribution in [0.25, 0.3) is 0 Å². The van der Waals surface area contributed by atoms with E-state index in [1.54, 1.807) is 0 Å². The summed E-state index contributed by atoms with van der Waals surface area (Å²) in [4.78, 5) is 10.1. The van der Waals surface area contributed by atoms with E-state index in [0.29, 0.717) is 0 Å². The second-order valence-corrected chi connectivity index (χ2v) is 3.50. The number of rotatable bonds is 9. The lowest BCUT2D eigenvalue weighted by Crippen LogP contribution is -2.23. The summed E-state index contributed by atoms with van der Waals surface area (Å²) in [6, 6.07) is 0.284. The van der Waals surface area contributed by atoms with E-state index in [9.17, 15) is 4.79 Å². The van der Waals surface area contributed by atoms with Crippen molar-refractivity contribution in [3.63, 3.8) is 0 Å². The highest BCUT2D eigenvalue weighted by Crippen LogP contribution is 2.00. The number of hydrogen-bond donors (Lipinski definition) is 1. The van der Waals surface area contributed by atoms with Gasteiger partial charge in [0.05, 0.1) is 0 Å². The van der Waals surface area contributed by atoms with Crippen LogP contribution in [0.4, 0.5) is 0 Å². The summed E-state index contributed by atoms with van der Waals surface area (Å²) in [6.07, 6.45) is 15.1. The SMILES string of the molecule is C=CC/C=C\C=C/CCCC(C)NC=O. The third kappa shape index (κ3) is 10.6. The zero-order valence-corrected chi connectivity index (χ0v) is 9.49. The minimum atomic E-state index is 0.284. The van der Waals surface area contributed by atoms with Crippen LogP contribution in [-0.4, -0.2) is 12.5 Å². The molecule has 1 atom stereocenters. The lowest BCUT2D eigenvalue weighted by atomic mass is 10.1. The van der Waals surface area contributed by atoms with Gasteiger partial charge in [0.15, 0.2) is 0 Å². The maximum atomic E-state index is 10.1. The molecule has 0 saturated carbocycles. The zero-order chi connectivity index (χ0) is 11.4. The first-order chi connectivity index (χ1) is 7.31. The number of hydrogen-bond acceptors (Lipinski definition) is 1. The molecular formula is C13H21NO. The largest absolute Gasteiger partial charge is 0.356 e. The summed E-state index contributed by atoms with van der Waals surface area (Å²) in [6.45, 7) is 5.65. The summed E-state index contributed by atoms with van der Waals surface area (Å²) < 4.78 is 0. The topological polar surface area (TPSA) is 29.1 Å². The number of carbonyl (C=O) groups is 1. The van der Waals surface area contributed by atoms with Gasteiger partial charge in [0, 0.05) is 6.04 Å². The van der Waals surface area contributed by atoms with Crippen molar-refractivity contribution in [2.75, 3.05) is 0 Å². The predicted octanol–water partition coefficient (Wildman–Crippen LogP) is 2.98. The summed E-state index contributed by atoms with van der Waals surface area (Å²) >= 11 is 0. The van der Waals surface area contributed by atoms with E-state index >= 15 is 0 Å². The molecule has 15 heavy (non-hydrogen) atoms. The van der Waals surface area contributed by atoms with Crippen molar-refractivity contribution in [3.8, 4) is 0 Å². The van der Waals surface area contributed by atoms with Gasteiger partial charge in [-0.1, -0.05) is 30.4 Å². The van der Waals surface area contributed by atoms with Crippen molar-refractivity contribution < 1.29 is 4.79 Å². The fourth-order valence-electron chi connectivity index (χ4n) is 1.17. The van der Waals surface area contributed by atoms with Crippen molar-refractivity contribution in [1.29, 1.82) is 0 Å². The minimum Gasteiger partial charge on any atom is -0.356 e. The molecule has 1 amide bonds. The highest BCUT2D eigenvalue weighted by molar-refractivity contribution is 5.46. The Morgan fingerprint density at radius 2 is 2.07 bits per heavy atom. The van der Waals surface area contributed by atoms with Crippen molar-refractivity contribution in [2.24, 2.45) is 0 Å². The summed E-state index contributed by atoms with van der Waals surface area (Å²) in [5, 5.41) is 2.73. The van der Waals surface area contributed by atoms with Crippen LogP contribution in [-0.2, 0) is 4.79 Å². The highest BCUT2D eigenvalue weighted by atomic mass is 16.1. The molecule has 0 aromatic carbocycles. The van der Waals surface area contributed by atoms with Crippen molar-refractivity contribution >= 4 is 6.41 Å². The molecule has 0 saturated heterocycles. The second kappa shape index (κ2) is 10.8. The lowest BCUT2D eigenvalue weighted by Gasteiger charge is -2.07. The van der Waals surface area contributed by atoms with Gasteiger partial charge in [0.25, 0.3) is 0 Å². The van der Waals surface area contributed by atoms with Crippen LogP contribution in [0.3, 0.4) is 0 Å². The quantitative estimate of drug-likeness (QED) is 0.268. The molecule has 0 aromatic rings. The van der Waals surface area contributed by atoms with Crippen LogP contribution >= 0.6 is 0 Å². The molecular weight excluding hydrogens is 186 g/mol. The molecule has 0 aromatic heterocycles. The van der Waals surface area contributed by atoms with Gasteiger partial charge in [-0.3, -0.25) is 4.79 Å². The van der Waals surface area contributed by atoms with Crippen LogP contribution < -0.4 is 5.32 Å². The monoisotopic (exact) mass is 207 g/mol. The number of allylic oxidation sites excluding steroid dienone is 5. The Morgan fingerprint density at radius 1 is 1.33 bits per heavy atom. The average Bonchev–Trinajstić information content (AvgIpc) is 2.22. The van der Waals surface area contributed by atoms with E-state index in [2.05, 4.69) is 30.1 Å². The van der Waals surface area contributed by atoms with Gasteiger partial charge in [-0.2, -0.15) is 0 Å². The molecule has 0 spiro atoms. The van der Waals surface area contributed by atoms with E-state index < -0.39 is 0 Å². The van der Waals surface area contributed by atoms with Gasteiger partial charge >= 0.3 is 0 Å². The van der Waals surface area contributed by atoms with Gasteiger partial charge in [-0.15, -0.1) is 6.58 Å². The van der Waals surface area contributed by atoms with E-state index in [4.69, 9.17) is 0 Å². The van der Waals surface area contributed by atoms with Crippen molar-refractivity contribution in [1.82, 2.24) is 5.32 Å². The van der Waals surface area contributed by atoms with E-state index in [1.165, 1.54) is 0 Å². The fraction of sp³-hybridized carbons (Fsp3) is 0.462. The first-order valence-electron chi connectivity index (χ1n) is 5.43. The molecule has 0 aliphatic carbocycles. The molecule has 0 aliphatic heterocycles. The minimum absolute atomic E-state index is 0.284. The summed E-state index contributed by atoms with van der Waals surface area (Å²) in [5.74, 6) is 0. The van der Waals surface area contributed by atoms with Crippen molar-refractivity contribution in [2.45, 2.75) is 38.6 Å². The second-order valence-electron chi connectivity index (χ2n) is 3.50. The van der Waals surface area contributed by atoms with Crippen LogP contribution in [0.2, 0.25) is 0 Å². The summed E-state index contributed by atoms with van der Waals surface area (Å²) in [7, 11) is 0. The molecule has 0 rings (SSSR count). The Balaban J connectivity index is 3.36. The molecule has 1 N–H and O–H groups in total. The van der Waals surface area contributed by atoms with Crippen LogP contribution in [0.5, 0.6) is 0 Å². The molecule has 84 valence electrons. The normalized spacial score (nSPS) is 13.1. The first kappa shape index (κ1) is 13.7. The molecule has 0 heterocycles. The van der Waals surface area contributed by atoms with Crippen LogP contribution in [0.1, 0.15) is 32.6 Å². The maximum Gasteiger partial charge on any atom is 0.207 e. The van der Waals surface area contributed by atoms with Crippen LogP contribution in [0.15, 0.2) is 37.0 Å². The van der Waals surface area contributed by atoms with Gasteiger partial charge < -0.3 is 5.32 Å². The zero-order valence-electron chi connectivity index (χ0n) is 9.49. The number of amides is 1. The number of nitrogens with one attached hydrogen (secondary N) is 1. The van der Waals surface area contributed by atoms with Gasteiger partial charge in [-0.05, 0) is 32.6 Å². The molecule has 0 bridgehead atoms. The van der Waals surface area contributed by atoms with Crippen molar-refractivity contribution in [3.05, 3.63) is 37.0 Å². The summed E-state index contributed by atoms with van der Waals surface area (Å²) in [5.41, 5.74) is 0. The Morgan fingerprint density at radius 3 is 2.73 bits per heavy atom. The van der Waals surface area contributed by atoms with Gasteiger partial charge in [-0.25, -0.2) is 0 Å². The molecule has 0 aliphatic rings. The smallest absolute Gasteiger partial charge is 0.207 e. The average molecular weight is 207 g/mol. The number of carbonyl (C=O) groups excluding carboxylic acids is 1. The molecule has 2 heteroatoms. The molecule has 1 unspecified atom stereocenters. The number of unbranched alkanes of at least 4 members (excludes halogenated alkanes) is 1. The standard InChI is InChI=1S/C13H21NO/c1-3-4-5-6-7-8-9-10-11-13(2)14-12-15/h3,5-8,12-13H,1,4,9-11H2,2H3,(H,14,15)/b6-5-,8-7-. The third-order valence-corrected chi connectivity index (χ3v) is 2.05. The van der Waals surface area contributed by atoms with E-state index in [0.717, 1.165) is 32.1 Å². The Labute approximate surface area is 92.8 Å². The molecule has 0 radical (unpaired) electrons. The maximum absolute atomic E-state index is 10.1. The third-order valence-electron chi connectivity index (χ3n) is 2.05. The Bertz CT molecular complexity index is 219. The van der Waals surface area contributed by atoms with Gasteiger partial charge in [0.2, 0.25) is 6.41 Å². The van der Waals surface area contributed by atoms with E-state index in [1.807, 2.05) is 19.1 Å². The molecule has 0 fully saturated rings. The highest BCUT2D eigenvalue weighted by Gasteiger charge is 1.96. The van der Waals surface area contributed by atoms with E-state index in [-0.39, 0.29) is 6.04 Å². The lowest BCUT2D eigenvalue weighted by molar-refractivity contribution is -0.110. The van der Waals surface area contributed by atoms with Gasteiger partial charge in [0.1, 0.15) is 0 Å². The molecule has 2 nitrogen and oxygen atoms in total. The predicted molar refractivity (Wildman–Crippen MR) is 65.6 cm³/mol. The van der Waals surface area contributed by atoms with Crippen LogP contribution in [0, 0.1) is 0 Å². The Kier molecular flexibility index (Phi) is 9.83. The first-order valence-corrected chi connectivity index (χ1v) is 5.43. The fourth-order valence-corrected chi connectivity index (χ4v) is 1.17.